The Balaban J connectivity index is 1.84. The summed E-state index contributed by atoms with van der Waals surface area (Å²) in [4.78, 5) is 12.7. The molecule has 1 aliphatic heterocycles. The van der Waals surface area contributed by atoms with Crippen LogP contribution < -0.4 is 0 Å². The maximum absolute atomic E-state index is 12.7. The molecular formula is C17H12Br3ClN2O2. The number of carbonyl (C=O) groups excluding carboxylic acids is 1. The molecule has 130 valence electrons. The van der Waals surface area contributed by atoms with Gasteiger partial charge in [-0.2, -0.15) is 5.10 Å². The first-order chi connectivity index (χ1) is 11.9. The summed E-state index contributed by atoms with van der Waals surface area (Å²) in [5.41, 5.74) is 2.20. The standard InChI is InChI=1S/C17H12Br3ClN2O2/c18-11-6-9(2-1-3-14(11)21)17(25)23-5-4-15(22-23)10-7-12(19)16(24)13(20)8-10/h2-3,6-8,24H,1,4-5H2. The van der Waals surface area contributed by atoms with Gasteiger partial charge < -0.3 is 5.11 Å². The zero-order chi connectivity index (χ0) is 18.1. The first-order valence-corrected chi connectivity index (χ1v) is 10.1. The van der Waals surface area contributed by atoms with E-state index in [0.717, 1.165) is 11.3 Å². The molecule has 1 heterocycles. The minimum Gasteiger partial charge on any atom is -0.506 e. The summed E-state index contributed by atoms with van der Waals surface area (Å²) in [5, 5.41) is 16.3. The predicted octanol–water partition coefficient (Wildman–Crippen LogP) is 5.59. The van der Waals surface area contributed by atoms with Crippen LogP contribution in [0.2, 0.25) is 0 Å². The van der Waals surface area contributed by atoms with Crippen LogP contribution in [-0.2, 0) is 4.79 Å². The van der Waals surface area contributed by atoms with Crippen molar-refractivity contribution >= 4 is 71.0 Å². The van der Waals surface area contributed by atoms with Crippen molar-refractivity contribution in [1.82, 2.24) is 5.01 Å². The molecule has 0 saturated carbocycles. The van der Waals surface area contributed by atoms with E-state index in [4.69, 9.17) is 11.6 Å². The molecule has 1 aromatic carbocycles. The molecule has 2 aliphatic rings. The van der Waals surface area contributed by atoms with Crippen molar-refractivity contribution in [3.8, 4) is 5.75 Å². The molecular weight excluding hydrogens is 539 g/mol. The van der Waals surface area contributed by atoms with Crippen molar-refractivity contribution < 1.29 is 9.90 Å². The first kappa shape index (κ1) is 18.9. The minimum atomic E-state index is -0.163. The summed E-state index contributed by atoms with van der Waals surface area (Å²) in [6, 6.07) is 3.58. The van der Waals surface area contributed by atoms with E-state index in [1.54, 1.807) is 18.2 Å². The van der Waals surface area contributed by atoms with E-state index in [-0.39, 0.29) is 11.7 Å². The fourth-order valence-corrected chi connectivity index (χ4v) is 4.23. The number of phenols is 1. The monoisotopic (exact) mass is 548 g/mol. The highest BCUT2D eigenvalue weighted by Crippen LogP contribution is 2.34. The highest BCUT2D eigenvalue weighted by atomic mass is 79.9. The largest absolute Gasteiger partial charge is 0.506 e. The Kier molecular flexibility index (Phi) is 5.88. The molecule has 1 N–H and O–H groups in total. The number of hydrogen-bond donors (Lipinski definition) is 1. The second-order valence-corrected chi connectivity index (χ2v) is 8.42. The molecule has 0 unspecified atom stereocenters. The average Bonchev–Trinajstić information content (AvgIpc) is 3.01. The highest BCUT2D eigenvalue weighted by molar-refractivity contribution is 9.12. The van der Waals surface area contributed by atoms with Crippen molar-refractivity contribution in [1.29, 1.82) is 0 Å². The Labute approximate surface area is 175 Å². The van der Waals surface area contributed by atoms with Crippen molar-refractivity contribution in [2.45, 2.75) is 12.8 Å². The Morgan fingerprint density at radius 2 is 1.88 bits per heavy atom. The molecule has 0 fully saturated rings. The molecule has 0 aromatic heterocycles. The number of benzene rings is 1. The third-order valence-electron chi connectivity index (χ3n) is 3.78. The van der Waals surface area contributed by atoms with Gasteiger partial charge in [0.05, 0.1) is 26.2 Å². The molecule has 4 nitrogen and oxygen atoms in total. The Morgan fingerprint density at radius 3 is 2.56 bits per heavy atom. The van der Waals surface area contributed by atoms with Gasteiger partial charge in [0.2, 0.25) is 0 Å². The van der Waals surface area contributed by atoms with Gasteiger partial charge in [-0.1, -0.05) is 23.8 Å². The number of nitrogens with zero attached hydrogens (tertiary/aromatic N) is 2. The fourth-order valence-electron chi connectivity index (χ4n) is 2.49. The van der Waals surface area contributed by atoms with Gasteiger partial charge in [-0.3, -0.25) is 4.79 Å². The van der Waals surface area contributed by atoms with Crippen LogP contribution >= 0.6 is 59.4 Å². The molecule has 3 rings (SSSR count). The number of carbonyl (C=O) groups is 1. The van der Waals surface area contributed by atoms with Gasteiger partial charge in [-0.15, -0.1) is 0 Å². The topological polar surface area (TPSA) is 52.9 Å². The van der Waals surface area contributed by atoms with Crippen LogP contribution in [0.15, 0.2) is 59.5 Å². The second-order valence-electron chi connectivity index (χ2n) is 5.45. The van der Waals surface area contributed by atoms with Crippen LogP contribution in [0.1, 0.15) is 18.4 Å². The van der Waals surface area contributed by atoms with Gasteiger partial charge in [0.1, 0.15) is 5.75 Å². The van der Waals surface area contributed by atoms with E-state index < -0.39 is 0 Å². The van der Waals surface area contributed by atoms with Crippen molar-refractivity contribution in [2.75, 3.05) is 6.54 Å². The minimum absolute atomic E-state index is 0.137. The van der Waals surface area contributed by atoms with Crippen LogP contribution in [0.4, 0.5) is 0 Å². The quantitative estimate of drug-likeness (QED) is 0.522. The lowest BCUT2D eigenvalue weighted by molar-refractivity contribution is -0.126. The summed E-state index contributed by atoms with van der Waals surface area (Å²) in [5.74, 6) is -0.0260. The molecule has 1 aromatic rings. The van der Waals surface area contributed by atoms with Gasteiger partial charge in [0.25, 0.3) is 5.91 Å². The van der Waals surface area contributed by atoms with Crippen molar-refractivity contribution in [3.63, 3.8) is 0 Å². The molecule has 8 heteroatoms. The number of allylic oxidation sites excluding steroid dienone is 4. The van der Waals surface area contributed by atoms with Gasteiger partial charge in [0, 0.05) is 22.0 Å². The van der Waals surface area contributed by atoms with E-state index in [2.05, 4.69) is 52.9 Å². The Morgan fingerprint density at radius 1 is 1.20 bits per heavy atom. The van der Waals surface area contributed by atoms with Crippen molar-refractivity contribution in [2.24, 2.45) is 5.10 Å². The zero-order valence-corrected chi connectivity index (χ0v) is 18.3. The summed E-state index contributed by atoms with van der Waals surface area (Å²) in [6.07, 6.45) is 6.63. The highest BCUT2D eigenvalue weighted by Gasteiger charge is 2.25. The summed E-state index contributed by atoms with van der Waals surface area (Å²) >= 11 is 16.1. The van der Waals surface area contributed by atoms with Crippen LogP contribution in [0.5, 0.6) is 5.75 Å². The van der Waals surface area contributed by atoms with Crippen molar-refractivity contribution in [3.05, 3.63) is 60.0 Å². The third-order valence-corrected chi connectivity index (χ3v) is 6.23. The lowest BCUT2D eigenvalue weighted by Gasteiger charge is -2.12. The van der Waals surface area contributed by atoms with E-state index in [1.807, 2.05) is 12.2 Å². The van der Waals surface area contributed by atoms with Gasteiger partial charge in [-0.05, 0) is 72.4 Å². The first-order valence-electron chi connectivity index (χ1n) is 7.38. The summed E-state index contributed by atoms with van der Waals surface area (Å²) in [7, 11) is 0. The zero-order valence-electron chi connectivity index (χ0n) is 12.8. The van der Waals surface area contributed by atoms with Gasteiger partial charge in [0.15, 0.2) is 0 Å². The van der Waals surface area contributed by atoms with E-state index in [9.17, 15) is 9.90 Å². The third kappa shape index (κ3) is 4.10. The number of halogens is 4. The lowest BCUT2D eigenvalue weighted by atomic mass is 10.1. The maximum atomic E-state index is 12.7. The molecule has 0 spiro atoms. The average molecular weight is 551 g/mol. The van der Waals surface area contributed by atoms with Crippen LogP contribution in [0.25, 0.3) is 0 Å². The van der Waals surface area contributed by atoms with E-state index in [0.29, 0.717) is 43.4 Å². The number of phenolic OH excluding ortho intramolecular Hbond substituents is 1. The second kappa shape index (κ2) is 7.78. The molecule has 1 amide bonds. The fraction of sp³-hybridized carbons (Fsp3) is 0.176. The molecule has 1 aliphatic carbocycles. The smallest absolute Gasteiger partial charge is 0.273 e. The molecule has 0 saturated heterocycles. The predicted molar refractivity (Wildman–Crippen MR) is 110 cm³/mol. The molecule has 0 radical (unpaired) electrons. The number of hydrogen-bond acceptors (Lipinski definition) is 3. The van der Waals surface area contributed by atoms with E-state index >= 15 is 0 Å². The Hall–Kier alpha value is -0.890. The summed E-state index contributed by atoms with van der Waals surface area (Å²) in [6.45, 7) is 0.508. The number of rotatable bonds is 2. The summed E-state index contributed by atoms with van der Waals surface area (Å²) < 4.78 is 1.83. The SMILES string of the molecule is O=C(C1=CCC=C(Cl)C(Br)=C1)N1CCC(c2cc(Br)c(O)c(Br)c2)=N1. The van der Waals surface area contributed by atoms with Gasteiger partial charge >= 0.3 is 0 Å². The molecule has 25 heavy (non-hydrogen) atoms. The van der Waals surface area contributed by atoms with Crippen LogP contribution in [-0.4, -0.2) is 28.3 Å². The number of amides is 1. The van der Waals surface area contributed by atoms with Crippen LogP contribution in [0.3, 0.4) is 0 Å². The molecule has 0 atom stereocenters. The lowest BCUT2D eigenvalue weighted by Crippen LogP contribution is -2.24. The van der Waals surface area contributed by atoms with E-state index in [1.165, 1.54) is 5.01 Å². The maximum Gasteiger partial charge on any atom is 0.273 e. The van der Waals surface area contributed by atoms with Crippen LogP contribution in [0, 0.1) is 0 Å². The molecule has 0 bridgehead atoms. The Bertz CT molecular complexity index is 852. The van der Waals surface area contributed by atoms with Gasteiger partial charge in [-0.25, -0.2) is 5.01 Å². The number of aromatic hydroxyl groups is 1. The number of hydrazone groups is 1. The normalized spacial score (nSPS) is 17.5.